The quantitative estimate of drug-likeness (QED) is 0.656. The van der Waals surface area contributed by atoms with Crippen LogP contribution in [0, 0.1) is 0 Å². The van der Waals surface area contributed by atoms with Crippen molar-refractivity contribution < 1.29 is 14.6 Å². The zero-order chi connectivity index (χ0) is 14.8. The van der Waals surface area contributed by atoms with E-state index in [4.69, 9.17) is 9.47 Å². The highest BCUT2D eigenvalue weighted by Crippen LogP contribution is 2.22. The molecule has 0 heterocycles. The van der Waals surface area contributed by atoms with Crippen molar-refractivity contribution in [3.63, 3.8) is 0 Å². The highest BCUT2D eigenvalue weighted by molar-refractivity contribution is 5.28. The average Bonchev–Trinajstić information content (AvgIpc) is 2.50. The summed E-state index contributed by atoms with van der Waals surface area (Å²) in [5.74, 6) is 0.797. The molecule has 0 saturated carbocycles. The van der Waals surface area contributed by atoms with Gasteiger partial charge < -0.3 is 14.6 Å². The van der Waals surface area contributed by atoms with Crippen molar-refractivity contribution in [2.75, 3.05) is 13.7 Å². The minimum Gasteiger partial charge on any atom is -0.497 e. The van der Waals surface area contributed by atoms with Crippen LogP contribution in [0.3, 0.4) is 0 Å². The van der Waals surface area contributed by atoms with Crippen molar-refractivity contribution in [3.8, 4) is 5.75 Å². The number of methoxy groups -OCH3 is 1. The van der Waals surface area contributed by atoms with Crippen LogP contribution in [-0.2, 0) is 4.74 Å². The van der Waals surface area contributed by atoms with Crippen LogP contribution in [0.25, 0.3) is 0 Å². The molecule has 1 aromatic rings. The standard InChI is InChI=1S/C17H28O3/c1-4-5-6-7-8-13-20-14(2)17(18)15-9-11-16(19-3)12-10-15/h9-12,14,17-18H,4-8,13H2,1-3H3. The Morgan fingerprint density at radius 3 is 2.30 bits per heavy atom. The van der Waals surface area contributed by atoms with Gasteiger partial charge in [0, 0.05) is 6.61 Å². The first-order chi connectivity index (χ1) is 9.69. The smallest absolute Gasteiger partial charge is 0.118 e. The van der Waals surface area contributed by atoms with Crippen LogP contribution in [-0.4, -0.2) is 24.9 Å². The van der Waals surface area contributed by atoms with Gasteiger partial charge in [-0.2, -0.15) is 0 Å². The maximum Gasteiger partial charge on any atom is 0.118 e. The molecular weight excluding hydrogens is 252 g/mol. The molecule has 0 spiro atoms. The molecule has 0 saturated heterocycles. The van der Waals surface area contributed by atoms with Crippen molar-refractivity contribution in [2.45, 2.75) is 58.2 Å². The molecule has 1 aromatic carbocycles. The van der Waals surface area contributed by atoms with Crippen LogP contribution in [0.5, 0.6) is 5.75 Å². The van der Waals surface area contributed by atoms with Crippen LogP contribution in [0.4, 0.5) is 0 Å². The van der Waals surface area contributed by atoms with E-state index in [0.29, 0.717) is 0 Å². The second kappa shape index (κ2) is 9.78. The molecule has 3 nitrogen and oxygen atoms in total. The molecule has 1 N–H and O–H groups in total. The van der Waals surface area contributed by atoms with Crippen LogP contribution in [0.1, 0.15) is 57.6 Å². The molecule has 0 aromatic heterocycles. The predicted octanol–water partition coefficient (Wildman–Crippen LogP) is 4.10. The number of unbranched alkanes of at least 4 members (excludes halogenated alkanes) is 4. The fourth-order valence-electron chi connectivity index (χ4n) is 2.14. The highest BCUT2D eigenvalue weighted by atomic mass is 16.5. The van der Waals surface area contributed by atoms with E-state index in [1.807, 2.05) is 31.2 Å². The van der Waals surface area contributed by atoms with Gasteiger partial charge in [-0.1, -0.05) is 44.7 Å². The van der Waals surface area contributed by atoms with E-state index in [1.165, 1.54) is 25.7 Å². The molecule has 0 fully saturated rings. The highest BCUT2D eigenvalue weighted by Gasteiger charge is 2.16. The molecule has 3 heteroatoms. The van der Waals surface area contributed by atoms with Crippen molar-refractivity contribution >= 4 is 0 Å². The first kappa shape index (κ1) is 17.0. The predicted molar refractivity (Wildman–Crippen MR) is 82.1 cm³/mol. The Hall–Kier alpha value is -1.06. The monoisotopic (exact) mass is 280 g/mol. The van der Waals surface area contributed by atoms with Crippen LogP contribution in [0.2, 0.25) is 0 Å². The lowest BCUT2D eigenvalue weighted by atomic mass is 10.1. The van der Waals surface area contributed by atoms with Crippen molar-refractivity contribution in [3.05, 3.63) is 29.8 Å². The molecule has 0 amide bonds. The largest absolute Gasteiger partial charge is 0.497 e. The number of hydrogen-bond donors (Lipinski definition) is 1. The normalized spacial score (nSPS) is 14.0. The number of ether oxygens (including phenoxy) is 2. The average molecular weight is 280 g/mol. The molecule has 20 heavy (non-hydrogen) atoms. The maximum atomic E-state index is 10.2. The molecule has 0 radical (unpaired) electrons. The number of aliphatic hydroxyl groups is 1. The molecule has 114 valence electrons. The topological polar surface area (TPSA) is 38.7 Å². The van der Waals surface area contributed by atoms with Gasteiger partial charge in [0.2, 0.25) is 0 Å². The Balaban J connectivity index is 2.28. The van der Waals surface area contributed by atoms with Crippen molar-refractivity contribution in [2.24, 2.45) is 0 Å². The van der Waals surface area contributed by atoms with Gasteiger partial charge in [-0.05, 0) is 31.0 Å². The first-order valence-electron chi connectivity index (χ1n) is 7.62. The van der Waals surface area contributed by atoms with Gasteiger partial charge in [-0.15, -0.1) is 0 Å². The summed E-state index contributed by atoms with van der Waals surface area (Å²) in [7, 11) is 1.63. The van der Waals surface area contributed by atoms with Crippen molar-refractivity contribution in [1.29, 1.82) is 0 Å². The third-order valence-corrected chi connectivity index (χ3v) is 3.53. The van der Waals surface area contributed by atoms with Gasteiger partial charge in [0.25, 0.3) is 0 Å². The zero-order valence-electron chi connectivity index (χ0n) is 13.0. The molecular formula is C17H28O3. The molecule has 2 unspecified atom stereocenters. The number of rotatable bonds is 10. The van der Waals surface area contributed by atoms with E-state index in [1.54, 1.807) is 7.11 Å². The van der Waals surface area contributed by atoms with E-state index in [9.17, 15) is 5.11 Å². The Labute approximate surface area is 122 Å². The Morgan fingerprint density at radius 2 is 1.70 bits per heavy atom. The Morgan fingerprint density at radius 1 is 1.05 bits per heavy atom. The summed E-state index contributed by atoms with van der Waals surface area (Å²) < 4.78 is 10.8. The summed E-state index contributed by atoms with van der Waals surface area (Å²) >= 11 is 0. The van der Waals surface area contributed by atoms with Crippen LogP contribution in [0.15, 0.2) is 24.3 Å². The van der Waals surface area contributed by atoms with Gasteiger partial charge >= 0.3 is 0 Å². The van der Waals surface area contributed by atoms with Gasteiger partial charge in [-0.3, -0.25) is 0 Å². The summed E-state index contributed by atoms with van der Waals surface area (Å²) in [5, 5.41) is 10.2. The Kier molecular flexibility index (Phi) is 8.31. The minimum absolute atomic E-state index is 0.186. The van der Waals surface area contributed by atoms with E-state index >= 15 is 0 Å². The second-order valence-corrected chi connectivity index (χ2v) is 5.21. The van der Waals surface area contributed by atoms with Crippen LogP contribution >= 0.6 is 0 Å². The number of aliphatic hydroxyl groups excluding tert-OH is 1. The van der Waals surface area contributed by atoms with Gasteiger partial charge in [0.05, 0.1) is 13.2 Å². The van der Waals surface area contributed by atoms with Crippen molar-refractivity contribution in [1.82, 2.24) is 0 Å². The lowest BCUT2D eigenvalue weighted by Gasteiger charge is -2.20. The summed E-state index contributed by atoms with van der Waals surface area (Å²) in [4.78, 5) is 0. The Bertz CT molecular complexity index is 348. The fraction of sp³-hybridized carbons (Fsp3) is 0.647. The molecule has 2 atom stereocenters. The van der Waals surface area contributed by atoms with Gasteiger partial charge in [-0.25, -0.2) is 0 Å². The summed E-state index contributed by atoms with van der Waals surface area (Å²) in [6.45, 7) is 4.85. The van der Waals surface area contributed by atoms with E-state index in [-0.39, 0.29) is 6.10 Å². The summed E-state index contributed by atoms with van der Waals surface area (Å²) in [6, 6.07) is 7.47. The summed E-state index contributed by atoms with van der Waals surface area (Å²) in [6.07, 6.45) is 5.33. The first-order valence-corrected chi connectivity index (χ1v) is 7.62. The zero-order valence-corrected chi connectivity index (χ0v) is 13.0. The number of benzene rings is 1. The molecule has 0 aliphatic heterocycles. The SMILES string of the molecule is CCCCCCCOC(C)C(O)c1ccc(OC)cc1. The van der Waals surface area contributed by atoms with E-state index in [2.05, 4.69) is 6.92 Å². The fourth-order valence-corrected chi connectivity index (χ4v) is 2.14. The third kappa shape index (κ3) is 5.93. The van der Waals surface area contributed by atoms with E-state index < -0.39 is 6.10 Å². The molecule has 0 aliphatic carbocycles. The maximum absolute atomic E-state index is 10.2. The lowest BCUT2D eigenvalue weighted by Crippen LogP contribution is -2.19. The molecule has 1 rings (SSSR count). The molecule has 0 bridgehead atoms. The lowest BCUT2D eigenvalue weighted by molar-refractivity contribution is -0.0291. The third-order valence-electron chi connectivity index (χ3n) is 3.53. The number of hydrogen-bond acceptors (Lipinski definition) is 3. The van der Waals surface area contributed by atoms with Gasteiger partial charge in [0.1, 0.15) is 11.9 Å². The molecule has 0 aliphatic rings. The summed E-state index contributed by atoms with van der Waals surface area (Å²) in [5.41, 5.74) is 0.865. The van der Waals surface area contributed by atoms with Crippen LogP contribution < -0.4 is 4.74 Å². The van der Waals surface area contributed by atoms with E-state index in [0.717, 1.165) is 24.3 Å². The van der Waals surface area contributed by atoms with Gasteiger partial charge in [0.15, 0.2) is 0 Å². The minimum atomic E-state index is -0.587. The second-order valence-electron chi connectivity index (χ2n) is 5.21.